The molecule has 2 unspecified atom stereocenters. The highest BCUT2D eigenvalue weighted by atomic mass is 32.2. The highest BCUT2D eigenvalue weighted by molar-refractivity contribution is 7.91. The topological polar surface area (TPSA) is 89.5 Å². The zero-order valence-corrected chi connectivity index (χ0v) is 10.4. The fraction of sp³-hybridized carbons (Fsp3) is 0.800. The molecule has 0 aromatic rings. The first-order valence-corrected chi connectivity index (χ1v) is 7.30. The van der Waals surface area contributed by atoms with Gasteiger partial charge in [0.25, 0.3) is 0 Å². The third kappa shape index (κ3) is 2.03. The number of esters is 1. The maximum absolute atomic E-state index is 11.9. The quantitative estimate of drug-likeness (QED) is 0.627. The predicted molar refractivity (Wildman–Crippen MR) is 58.9 cm³/mol. The van der Waals surface area contributed by atoms with Crippen molar-refractivity contribution in [3.63, 3.8) is 0 Å². The fourth-order valence-corrected chi connectivity index (χ4v) is 4.69. The molecule has 0 spiro atoms. The van der Waals surface area contributed by atoms with E-state index in [2.05, 4.69) is 5.32 Å². The first kappa shape index (κ1) is 12.3. The molecule has 2 atom stereocenters. The van der Waals surface area contributed by atoms with E-state index in [0.29, 0.717) is 0 Å². The van der Waals surface area contributed by atoms with Gasteiger partial charge in [-0.2, -0.15) is 0 Å². The molecule has 96 valence electrons. The lowest BCUT2D eigenvalue weighted by Gasteiger charge is -2.44. The summed E-state index contributed by atoms with van der Waals surface area (Å²) in [4.78, 5) is 23.2. The standard InChI is InChI=1S/C10H15NO5S/c1-16-9(13)10-4-2-8(12)11-7(10)3-5-17(14,15)6-10/h7H,2-6H2,1H3,(H,11,12). The van der Waals surface area contributed by atoms with Gasteiger partial charge in [0, 0.05) is 12.5 Å². The number of ether oxygens (including phenoxy) is 1. The lowest BCUT2D eigenvalue weighted by atomic mass is 9.74. The SMILES string of the molecule is COC(=O)C12CCC(=O)NC1CCS(=O)(=O)C2. The van der Waals surface area contributed by atoms with Crippen molar-refractivity contribution in [3.8, 4) is 0 Å². The molecular formula is C10H15NO5S. The van der Waals surface area contributed by atoms with Crippen LogP contribution in [0.4, 0.5) is 0 Å². The van der Waals surface area contributed by atoms with Crippen molar-refractivity contribution in [2.75, 3.05) is 18.6 Å². The molecule has 0 aromatic heterocycles. The molecule has 2 fully saturated rings. The largest absolute Gasteiger partial charge is 0.469 e. The Hall–Kier alpha value is -1.11. The number of hydrogen-bond acceptors (Lipinski definition) is 5. The Bertz CT molecular complexity index is 457. The summed E-state index contributed by atoms with van der Waals surface area (Å²) < 4.78 is 28.1. The van der Waals surface area contributed by atoms with E-state index in [9.17, 15) is 18.0 Å². The van der Waals surface area contributed by atoms with Gasteiger partial charge in [0.15, 0.2) is 9.84 Å². The van der Waals surface area contributed by atoms with E-state index in [-0.39, 0.29) is 36.7 Å². The van der Waals surface area contributed by atoms with E-state index in [4.69, 9.17) is 4.74 Å². The summed E-state index contributed by atoms with van der Waals surface area (Å²) in [5.74, 6) is -0.881. The highest BCUT2D eigenvalue weighted by Gasteiger charge is 2.55. The maximum atomic E-state index is 11.9. The van der Waals surface area contributed by atoms with Crippen LogP contribution in [-0.4, -0.2) is 45.0 Å². The van der Waals surface area contributed by atoms with E-state index in [1.54, 1.807) is 0 Å². The molecule has 7 heteroatoms. The summed E-state index contributed by atoms with van der Waals surface area (Å²) in [5.41, 5.74) is -1.08. The van der Waals surface area contributed by atoms with Crippen LogP contribution in [0.1, 0.15) is 19.3 Å². The van der Waals surface area contributed by atoms with Crippen LogP contribution in [0.25, 0.3) is 0 Å². The van der Waals surface area contributed by atoms with Crippen molar-refractivity contribution < 1.29 is 22.7 Å². The number of carbonyl (C=O) groups excluding carboxylic acids is 2. The summed E-state index contributed by atoms with van der Waals surface area (Å²) in [6.07, 6.45) is 0.694. The van der Waals surface area contributed by atoms with Crippen molar-refractivity contribution in [2.24, 2.45) is 5.41 Å². The van der Waals surface area contributed by atoms with Gasteiger partial charge in [-0.05, 0) is 12.8 Å². The molecule has 2 saturated heterocycles. The molecule has 0 radical (unpaired) electrons. The van der Waals surface area contributed by atoms with Crippen LogP contribution in [0.2, 0.25) is 0 Å². The molecule has 0 aromatic carbocycles. The Balaban J connectivity index is 2.38. The number of piperidine rings is 1. The minimum atomic E-state index is -3.24. The normalized spacial score (nSPS) is 35.6. The molecule has 2 aliphatic rings. The summed E-state index contributed by atoms with van der Waals surface area (Å²) in [5, 5.41) is 2.71. The maximum Gasteiger partial charge on any atom is 0.314 e. The molecule has 1 N–H and O–H groups in total. The third-order valence-electron chi connectivity index (χ3n) is 3.59. The highest BCUT2D eigenvalue weighted by Crippen LogP contribution is 2.39. The molecule has 2 heterocycles. The summed E-state index contributed by atoms with van der Waals surface area (Å²) in [6.45, 7) is 0. The van der Waals surface area contributed by atoms with E-state index >= 15 is 0 Å². The van der Waals surface area contributed by atoms with Gasteiger partial charge in [-0.25, -0.2) is 8.42 Å². The zero-order valence-electron chi connectivity index (χ0n) is 9.56. The lowest BCUT2D eigenvalue weighted by molar-refractivity contribution is -0.156. The fourth-order valence-electron chi connectivity index (χ4n) is 2.71. The second-order valence-corrected chi connectivity index (χ2v) is 6.83. The van der Waals surface area contributed by atoms with Gasteiger partial charge in [-0.1, -0.05) is 0 Å². The van der Waals surface area contributed by atoms with Gasteiger partial charge in [-0.3, -0.25) is 9.59 Å². The van der Waals surface area contributed by atoms with Crippen molar-refractivity contribution in [1.82, 2.24) is 5.32 Å². The zero-order chi connectivity index (χ0) is 12.7. The minimum absolute atomic E-state index is 0.0106. The Morgan fingerprint density at radius 2 is 2.24 bits per heavy atom. The van der Waals surface area contributed by atoms with Gasteiger partial charge in [0.05, 0.1) is 18.6 Å². The number of carbonyl (C=O) groups is 2. The molecular weight excluding hydrogens is 246 g/mol. The van der Waals surface area contributed by atoms with Gasteiger partial charge in [0.1, 0.15) is 5.41 Å². The first-order valence-electron chi connectivity index (χ1n) is 5.48. The summed E-state index contributed by atoms with van der Waals surface area (Å²) >= 11 is 0. The smallest absolute Gasteiger partial charge is 0.314 e. The molecule has 0 bridgehead atoms. The predicted octanol–water partition coefficient (Wildman–Crippen LogP) is -0.757. The third-order valence-corrected chi connectivity index (χ3v) is 5.40. The van der Waals surface area contributed by atoms with Crippen LogP contribution in [-0.2, 0) is 24.2 Å². The van der Waals surface area contributed by atoms with Crippen molar-refractivity contribution in [1.29, 1.82) is 0 Å². The number of amides is 1. The Morgan fingerprint density at radius 3 is 2.88 bits per heavy atom. The van der Waals surface area contributed by atoms with E-state index in [0.717, 1.165) is 0 Å². The molecule has 0 aliphatic carbocycles. The number of nitrogens with one attached hydrogen (secondary N) is 1. The van der Waals surface area contributed by atoms with E-state index < -0.39 is 27.3 Å². The van der Waals surface area contributed by atoms with Crippen LogP contribution in [0.5, 0.6) is 0 Å². The van der Waals surface area contributed by atoms with Gasteiger partial charge < -0.3 is 10.1 Å². The number of sulfone groups is 1. The Kier molecular flexibility index (Phi) is 2.89. The average Bonchev–Trinajstić information content (AvgIpc) is 2.28. The lowest BCUT2D eigenvalue weighted by Crippen LogP contribution is -2.62. The van der Waals surface area contributed by atoms with Gasteiger partial charge >= 0.3 is 5.97 Å². The number of methoxy groups -OCH3 is 1. The Morgan fingerprint density at radius 1 is 1.53 bits per heavy atom. The number of rotatable bonds is 1. The minimum Gasteiger partial charge on any atom is -0.469 e. The van der Waals surface area contributed by atoms with E-state index in [1.165, 1.54) is 7.11 Å². The first-order chi connectivity index (χ1) is 7.89. The Labute approximate surface area is 99.6 Å². The van der Waals surface area contributed by atoms with Crippen LogP contribution in [0, 0.1) is 5.41 Å². The summed E-state index contributed by atoms with van der Waals surface area (Å²) in [7, 11) is -1.99. The number of fused-ring (bicyclic) bond motifs is 1. The van der Waals surface area contributed by atoms with Crippen molar-refractivity contribution >= 4 is 21.7 Å². The van der Waals surface area contributed by atoms with Crippen LogP contribution in [0.3, 0.4) is 0 Å². The number of hydrogen-bond donors (Lipinski definition) is 1. The summed E-state index contributed by atoms with van der Waals surface area (Å²) in [6, 6.07) is -0.417. The molecule has 0 saturated carbocycles. The molecule has 6 nitrogen and oxygen atoms in total. The second kappa shape index (κ2) is 3.97. The van der Waals surface area contributed by atoms with Crippen molar-refractivity contribution in [3.05, 3.63) is 0 Å². The van der Waals surface area contributed by atoms with Crippen LogP contribution < -0.4 is 5.32 Å². The molecule has 2 rings (SSSR count). The van der Waals surface area contributed by atoms with Gasteiger partial charge in [-0.15, -0.1) is 0 Å². The molecule has 17 heavy (non-hydrogen) atoms. The van der Waals surface area contributed by atoms with Crippen LogP contribution in [0.15, 0.2) is 0 Å². The molecule has 2 aliphatic heterocycles. The molecule has 1 amide bonds. The average molecular weight is 261 g/mol. The monoisotopic (exact) mass is 261 g/mol. The van der Waals surface area contributed by atoms with Crippen LogP contribution >= 0.6 is 0 Å². The van der Waals surface area contributed by atoms with Gasteiger partial charge in [0.2, 0.25) is 5.91 Å². The van der Waals surface area contributed by atoms with E-state index in [1.807, 2.05) is 0 Å². The van der Waals surface area contributed by atoms with Crippen molar-refractivity contribution in [2.45, 2.75) is 25.3 Å². The second-order valence-electron chi connectivity index (χ2n) is 4.65.